The smallest absolute Gasteiger partial charge is 0.436 e. The van der Waals surface area contributed by atoms with Gasteiger partial charge in [-0.3, -0.25) is 0 Å². The lowest BCUT2D eigenvalue weighted by Crippen LogP contribution is -2.59. The van der Waals surface area contributed by atoms with Crippen LogP contribution in [-0.4, -0.2) is 23.9 Å². The Bertz CT molecular complexity index is 338. The predicted molar refractivity (Wildman–Crippen MR) is 50.6 cm³/mol. The summed E-state index contributed by atoms with van der Waals surface area (Å²) in [5.41, 5.74) is -5.17. The van der Waals surface area contributed by atoms with Gasteiger partial charge < -0.3 is 4.74 Å². The lowest BCUT2D eigenvalue weighted by molar-refractivity contribution is -0.367. The van der Waals surface area contributed by atoms with Crippen molar-refractivity contribution in [2.75, 3.05) is 0 Å². The van der Waals surface area contributed by atoms with Crippen LogP contribution in [0.4, 0.5) is 26.3 Å². The molecule has 0 aromatic carbocycles. The number of carbonyl (C=O) groups excluding carboxylic acids is 1. The molecule has 0 aliphatic heterocycles. The number of esters is 1. The molecule has 0 aliphatic carbocycles. The van der Waals surface area contributed by atoms with Crippen molar-refractivity contribution >= 4 is 5.97 Å². The summed E-state index contributed by atoms with van der Waals surface area (Å²) < 4.78 is 79.3. The van der Waals surface area contributed by atoms with E-state index in [0.29, 0.717) is 6.08 Å². The van der Waals surface area contributed by atoms with Crippen molar-refractivity contribution in [3.8, 4) is 0 Å². The molecule has 0 spiro atoms. The third-order valence-electron chi connectivity index (χ3n) is 1.96. The molecule has 0 saturated carbocycles. The number of rotatable bonds is 4. The minimum Gasteiger partial charge on any atom is -0.436 e. The van der Waals surface area contributed by atoms with Crippen LogP contribution >= 0.6 is 0 Å². The second-order valence-corrected chi connectivity index (χ2v) is 3.49. The van der Waals surface area contributed by atoms with E-state index in [0.717, 1.165) is 6.92 Å². The average Bonchev–Trinajstić information content (AvgIpc) is 2.12. The first-order chi connectivity index (χ1) is 7.89. The van der Waals surface area contributed by atoms with E-state index < -0.39 is 35.9 Å². The van der Waals surface area contributed by atoms with Gasteiger partial charge in [-0.1, -0.05) is 12.7 Å². The van der Waals surface area contributed by atoms with Crippen LogP contribution in [0.1, 0.15) is 13.3 Å². The van der Waals surface area contributed by atoms with E-state index in [2.05, 4.69) is 17.9 Å². The van der Waals surface area contributed by atoms with E-state index in [1.807, 2.05) is 0 Å². The molecule has 2 nitrogen and oxygen atoms in total. The molecule has 0 fully saturated rings. The van der Waals surface area contributed by atoms with Crippen molar-refractivity contribution in [3.63, 3.8) is 0 Å². The summed E-state index contributed by atoms with van der Waals surface area (Å²) >= 11 is 0. The van der Waals surface area contributed by atoms with Crippen molar-refractivity contribution in [2.24, 2.45) is 0 Å². The number of halogens is 6. The van der Waals surface area contributed by atoms with E-state index in [-0.39, 0.29) is 0 Å². The van der Waals surface area contributed by atoms with Crippen LogP contribution in [0, 0.1) is 0 Å². The fourth-order valence-electron chi connectivity index (χ4n) is 0.998. The number of alkyl halides is 6. The zero-order chi connectivity index (χ0) is 14.8. The molecule has 0 unspecified atom stereocenters. The molecule has 0 N–H and O–H groups in total. The molecule has 0 heterocycles. The van der Waals surface area contributed by atoms with Crippen molar-refractivity contribution in [1.82, 2.24) is 0 Å². The Hall–Kier alpha value is -1.47. The highest BCUT2D eigenvalue weighted by Crippen LogP contribution is 2.48. The van der Waals surface area contributed by atoms with Crippen molar-refractivity contribution < 1.29 is 35.9 Å². The molecular weight excluding hydrogens is 266 g/mol. The fraction of sp³-hybridized carbons (Fsp3) is 0.500. The van der Waals surface area contributed by atoms with Crippen LogP contribution in [0.5, 0.6) is 0 Å². The van der Waals surface area contributed by atoms with Crippen LogP contribution < -0.4 is 0 Å². The summed E-state index contributed by atoms with van der Waals surface area (Å²) in [5.74, 6) is -1.77. The fourth-order valence-corrected chi connectivity index (χ4v) is 0.998. The molecule has 0 aromatic rings. The topological polar surface area (TPSA) is 26.3 Å². The van der Waals surface area contributed by atoms with E-state index in [4.69, 9.17) is 0 Å². The van der Waals surface area contributed by atoms with Crippen molar-refractivity contribution in [1.29, 1.82) is 0 Å². The first kappa shape index (κ1) is 16.5. The Labute approximate surface area is 98.9 Å². The van der Waals surface area contributed by atoms with Crippen LogP contribution in [0.2, 0.25) is 0 Å². The van der Waals surface area contributed by atoms with Crippen LogP contribution in [0.15, 0.2) is 24.8 Å². The van der Waals surface area contributed by atoms with E-state index in [9.17, 15) is 31.1 Å². The minimum atomic E-state index is -5.81. The summed E-state index contributed by atoms with van der Waals surface area (Å²) in [6.07, 6.45) is -12.9. The summed E-state index contributed by atoms with van der Waals surface area (Å²) in [7, 11) is 0. The Morgan fingerprint density at radius 2 is 1.56 bits per heavy atom. The van der Waals surface area contributed by atoms with Crippen molar-refractivity contribution in [3.05, 3.63) is 24.8 Å². The van der Waals surface area contributed by atoms with E-state index >= 15 is 0 Å². The lowest BCUT2D eigenvalue weighted by atomic mass is 9.97. The maximum atomic E-state index is 12.6. The normalized spacial score (nSPS) is 13.1. The number of hydrogen-bond acceptors (Lipinski definition) is 2. The SMILES string of the molecule is C=CCC(OC(=O)C(=C)C)(C(F)(F)F)C(F)(F)F. The average molecular weight is 276 g/mol. The molecule has 0 atom stereocenters. The molecule has 0 rings (SSSR count). The second kappa shape index (κ2) is 5.03. The largest absolute Gasteiger partial charge is 0.437 e. The van der Waals surface area contributed by atoms with Gasteiger partial charge in [-0.25, -0.2) is 4.79 Å². The molecule has 0 aliphatic rings. The molecule has 8 heteroatoms. The lowest BCUT2D eigenvalue weighted by Gasteiger charge is -2.35. The Morgan fingerprint density at radius 1 is 1.17 bits per heavy atom. The quantitative estimate of drug-likeness (QED) is 0.340. The Balaban J connectivity index is 5.71. The van der Waals surface area contributed by atoms with E-state index in [1.165, 1.54) is 0 Å². The predicted octanol–water partition coefficient (Wildman–Crippen LogP) is 3.55. The van der Waals surface area contributed by atoms with Gasteiger partial charge in [-0.05, 0) is 6.92 Å². The van der Waals surface area contributed by atoms with Gasteiger partial charge in [0.15, 0.2) is 0 Å². The number of hydrogen-bond donors (Lipinski definition) is 0. The van der Waals surface area contributed by atoms with Crippen LogP contribution in [0.3, 0.4) is 0 Å². The highest BCUT2D eigenvalue weighted by Gasteiger charge is 2.73. The molecule has 0 saturated heterocycles. The molecule has 0 radical (unpaired) electrons. The van der Waals surface area contributed by atoms with Gasteiger partial charge in [0.1, 0.15) is 0 Å². The molecule has 18 heavy (non-hydrogen) atoms. The summed E-state index contributed by atoms with van der Waals surface area (Å²) in [4.78, 5) is 11.0. The molecule has 0 bridgehead atoms. The second-order valence-electron chi connectivity index (χ2n) is 3.49. The summed E-state index contributed by atoms with van der Waals surface area (Å²) in [6.45, 7) is 6.68. The van der Waals surface area contributed by atoms with Crippen LogP contribution in [-0.2, 0) is 9.53 Å². The Morgan fingerprint density at radius 3 is 1.78 bits per heavy atom. The zero-order valence-corrected chi connectivity index (χ0v) is 9.28. The maximum absolute atomic E-state index is 12.6. The monoisotopic (exact) mass is 276 g/mol. The summed E-state index contributed by atoms with van der Waals surface area (Å²) in [5, 5.41) is 0. The van der Waals surface area contributed by atoms with Gasteiger partial charge in [0.25, 0.3) is 0 Å². The minimum absolute atomic E-state index is 0.382. The maximum Gasteiger partial charge on any atom is 0.437 e. The Kier molecular flexibility index (Phi) is 4.62. The van der Waals surface area contributed by atoms with Gasteiger partial charge in [0.2, 0.25) is 0 Å². The highest BCUT2D eigenvalue weighted by molar-refractivity contribution is 5.87. The zero-order valence-electron chi connectivity index (χ0n) is 9.28. The van der Waals surface area contributed by atoms with Gasteiger partial charge >= 0.3 is 23.9 Å². The van der Waals surface area contributed by atoms with Gasteiger partial charge in [0, 0.05) is 12.0 Å². The third-order valence-corrected chi connectivity index (χ3v) is 1.96. The molecule has 104 valence electrons. The first-order valence-electron chi connectivity index (χ1n) is 4.52. The van der Waals surface area contributed by atoms with Crippen molar-refractivity contribution in [2.45, 2.75) is 31.3 Å². The standard InChI is InChI=1S/C10H10F6O2/c1-4-5-8(9(11,12)13,10(14,15)16)18-7(17)6(2)3/h4H,1-2,5H2,3H3. The molecule has 0 amide bonds. The van der Waals surface area contributed by atoms with Gasteiger partial charge in [0.05, 0.1) is 0 Å². The molecular formula is C10H10F6O2. The van der Waals surface area contributed by atoms with Gasteiger partial charge in [-0.15, -0.1) is 6.58 Å². The first-order valence-corrected chi connectivity index (χ1v) is 4.52. The van der Waals surface area contributed by atoms with Crippen LogP contribution in [0.25, 0.3) is 0 Å². The molecule has 0 aromatic heterocycles. The third kappa shape index (κ3) is 3.05. The summed E-state index contributed by atoms with van der Waals surface area (Å²) in [6, 6.07) is 0. The van der Waals surface area contributed by atoms with Gasteiger partial charge in [-0.2, -0.15) is 26.3 Å². The van der Waals surface area contributed by atoms with E-state index in [1.54, 1.807) is 0 Å². The number of carbonyl (C=O) groups is 1. The number of ether oxygens (including phenoxy) is 1. The highest BCUT2D eigenvalue weighted by atomic mass is 19.4.